The smallest absolute Gasteiger partial charge is 0.257 e. The fourth-order valence-electron chi connectivity index (χ4n) is 4.31. The van der Waals surface area contributed by atoms with Crippen LogP contribution in [0.5, 0.6) is 0 Å². The topological polar surface area (TPSA) is 47.6 Å². The number of likely N-dealkylation sites (N-methyl/N-ethyl adjacent to an activating group) is 1. The van der Waals surface area contributed by atoms with Crippen LogP contribution >= 0.6 is 0 Å². The number of carbonyl (C=O) groups excluding carboxylic acids is 1. The summed E-state index contributed by atoms with van der Waals surface area (Å²) in [5.41, 5.74) is 2.49. The Morgan fingerprint density at radius 2 is 2.00 bits per heavy atom. The summed E-state index contributed by atoms with van der Waals surface area (Å²) >= 11 is 0. The van der Waals surface area contributed by atoms with Crippen LogP contribution < -0.4 is 15.5 Å². The molecule has 1 saturated heterocycles. The minimum absolute atomic E-state index is 0.305. The van der Waals surface area contributed by atoms with Crippen molar-refractivity contribution < 1.29 is 13.6 Å². The molecule has 1 amide bonds. The predicted molar refractivity (Wildman–Crippen MR) is 117 cm³/mol. The first kappa shape index (κ1) is 20.3. The van der Waals surface area contributed by atoms with E-state index in [0.29, 0.717) is 34.2 Å². The van der Waals surface area contributed by atoms with Crippen molar-refractivity contribution in [1.82, 2.24) is 4.90 Å². The first-order valence-electron chi connectivity index (χ1n) is 10.4. The van der Waals surface area contributed by atoms with Gasteiger partial charge in [-0.3, -0.25) is 9.69 Å². The van der Waals surface area contributed by atoms with Crippen LogP contribution in [-0.4, -0.2) is 43.0 Å². The van der Waals surface area contributed by atoms with Crippen LogP contribution in [0.1, 0.15) is 25.8 Å². The molecule has 0 bridgehead atoms. The molecule has 0 aliphatic carbocycles. The second kappa shape index (κ2) is 8.44. The van der Waals surface area contributed by atoms with Gasteiger partial charge < -0.3 is 15.5 Å². The molecule has 2 aliphatic heterocycles. The maximum Gasteiger partial charge on any atom is 0.257 e. The summed E-state index contributed by atoms with van der Waals surface area (Å²) in [6, 6.07) is 9.57. The summed E-state index contributed by atoms with van der Waals surface area (Å²) in [6.07, 6.45) is 2.51. The lowest BCUT2D eigenvalue weighted by molar-refractivity contribution is -0.110. The Morgan fingerprint density at radius 3 is 2.73 bits per heavy atom. The molecule has 2 aromatic carbocycles. The number of nitrogens with one attached hydrogen (secondary N) is 2. The first-order valence-corrected chi connectivity index (χ1v) is 10.4. The Morgan fingerprint density at radius 1 is 1.20 bits per heavy atom. The number of halogens is 2. The van der Waals surface area contributed by atoms with E-state index in [1.165, 1.54) is 30.5 Å². The molecule has 2 aromatic rings. The Bertz CT molecular complexity index is 987. The maximum atomic E-state index is 14.8. The molecule has 4 rings (SSSR count). The van der Waals surface area contributed by atoms with Crippen molar-refractivity contribution in [2.24, 2.45) is 0 Å². The number of rotatable bonds is 6. The molecule has 0 radical (unpaired) electrons. The highest BCUT2D eigenvalue weighted by molar-refractivity contribution is 6.31. The third-order valence-electron chi connectivity index (χ3n) is 5.93. The number of carbonyl (C=O) groups is 1. The minimum atomic E-state index is -0.417. The summed E-state index contributed by atoms with van der Waals surface area (Å²) in [5, 5.41) is 5.66. The number of benzene rings is 2. The quantitative estimate of drug-likeness (QED) is 0.695. The molecule has 1 fully saturated rings. The molecule has 1 unspecified atom stereocenters. The second-order valence-electron chi connectivity index (χ2n) is 7.62. The van der Waals surface area contributed by atoms with Gasteiger partial charge in [-0.1, -0.05) is 13.8 Å². The van der Waals surface area contributed by atoms with Crippen molar-refractivity contribution in [3.05, 3.63) is 59.8 Å². The Hall–Kier alpha value is -2.93. The molecule has 0 saturated carbocycles. The van der Waals surface area contributed by atoms with Gasteiger partial charge in [0.25, 0.3) is 5.91 Å². The number of fused-ring (bicyclic) bond motifs is 1. The fraction of sp³-hybridized carbons (Fsp3) is 0.348. The van der Waals surface area contributed by atoms with E-state index in [1.54, 1.807) is 12.1 Å². The van der Waals surface area contributed by atoms with Crippen molar-refractivity contribution in [2.45, 2.75) is 26.3 Å². The maximum absolute atomic E-state index is 14.8. The average Bonchev–Trinajstić information content (AvgIpc) is 3.32. The molecule has 0 aromatic heterocycles. The Balaban J connectivity index is 1.48. The van der Waals surface area contributed by atoms with Crippen LogP contribution in [0.25, 0.3) is 5.57 Å². The SMILES string of the molecule is CCN(CC)C1CCN(c2ccc(N/C=C3\C(=O)Nc4ccc(F)cc43)cc2F)C1. The number of hydrogen-bond acceptors (Lipinski definition) is 4. The molecule has 7 heteroatoms. The number of anilines is 3. The highest BCUT2D eigenvalue weighted by Gasteiger charge is 2.28. The average molecular weight is 412 g/mol. The van der Waals surface area contributed by atoms with Crippen LogP contribution in [0.2, 0.25) is 0 Å². The summed E-state index contributed by atoms with van der Waals surface area (Å²) in [4.78, 5) is 16.7. The predicted octanol–water partition coefficient (Wildman–Crippen LogP) is 4.29. The van der Waals surface area contributed by atoms with Crippen molar-refractivity contribution in [3.63, 3.8) is 0 Å². The van der Waals surface area contributed by atoms with Gasteiger partial charge in [0.1, 0.15) is 11.6 Å². The molecule has 5 nitrogen and oxygen atoms in total. The van der Waals surface area contributed by atoms with Gasteiger partial charge in [-0.05, 0) is 55.9 Å². The van der Waals surface area contributed by atoms with Crippen molar-refractivity contribution >= 4 is 28.5 Å². The van der Waals surface area contributed by atoms with Crippen LogP contribution in [0.3, 0.4) is 0 Å². The van der Waals surface area contributed by atoms with E-state index in [9.17, 15) is 13.6 Å². The molecule has 1 atom stereocenters. The van der Waals surface area contributed by atoms with E-state index in [1.807, 2.05) is 0 Å². The van der Waals surface area contributed by atoms with Gasteiger partial charge in [0.15, 0.2) is 0 Å². The zero-order valence-corrected chi connectivity index (χ0v) is 17.2. The fourth-order valence-corrected chi connectivity index (χ4v) is 4.31. The zero-order chi connectivity index (χ0) is 21.3. The van der Waals surface area contributed by atoms with Crippen molar-refractivity contribution in [2.75, 3.05) is 41.7 Å². The van der Waals surface area contributed by atoms with E-state index in [-0.39, 0.29) is 11.7 Å². The van der Waals surface area contributed by atoms with Gasteiger partial charge in [0, 0.05) is 42.3 Å². The normalized spacial score (nSPS) is 19.5. The highest BCUT2D eigenvalue weighted by Crippen LogP contribution is 2.33. The van der Waals surface area contributed by atoms with Crippen LogP contribution in [0, 0.1) is 11.6 Å². The van der Waals surface area contributed by atoms with E-state index < -0.39 is 5.82 Å². The monoisotopic (exact) mass is 412 g/mol. The largest absolute Gasteiger partial charge is 0.368 e. The van der Waals surface area contributed by atoms with Gasteiger partial charge in [0.2, 0.25) is 0 Å². The Kier molecular flexibility index (Phi) is 5.72. The molecule has 2 aliphatic rings. The molecule has 2 heterocycles. The molecule has 0 spiro atoms. The number of hydrogen-bond donors (Lipinski definition) is 2. The summed E-state index contributed by atoms with van der Waals surface area (Å²) in [6.45, 7) is 7.94. The third-order valence-corrected chi connectivity index (χ3v) is 5.93. The Labute approximate surface area is 175 Å². The molecule has 30 heavy (non-hydrogen) atoms. The first-order chi connectivity index (χ1) is 14.5. The van der Waals surface area contributed by atoms with Crippen molar-refractivity contribution in [1.29, 1.82) is 0 Å². The molecule has 158 valence electrons. The standard InChI is InChI=1S/C23H26F2N4O/c1-3-28(4-2)17-9-10-29(14-17)22-8-6-16(12-20(22)25)26-13-19-18-11-15(24)5-7-21(18)27-23(19)30/h5-8,11-13,17,26H,3-4,9-10,14H2,1-2H3,(H,27,30)/b19-13-. The van der Waals surface area contributed by atoms with Crippen LogP contribution in [0.15, 0.2) is 42.6 Å². The van der Waals surface area contributed by atoms with Gasteiger partial charge in [-0.25, -0.2) is 8.78 Å². The van der Waals surface area contributed by atoms with E-state index in [2.05, 4.69) is 34.3 Å². The van der Waals surface area contributed by atoms with E-state index >= 15 is 0 Å². The number of nitrogens with zero attached hydrogens (tertiary/aromatic N) is 2. The van der Waals surface area contributed by atoms with Crippen molar-refractivity contribution in [3.8, 4) is 0 Å². The van der Waals surface area contributed by atoms with Crippen LogP contribution in [0.4, 0.5) is 25.8 Å². The molecule has 2 N–H and O–H groups in total. The number of amides is 1. The van der Waals surface area contributed by atoms with Gasteiger partial charge in [-0.2, -0.15) is 0 Å². The summed E-state index contributed by atoms with van der Waals surface area (Å²) in [5.74, 6) is -1.04. The summed E-state index contributed by atoms with van der Waals surface area (Å²) < 4.78 is 28.4. The van der Waals surface area contributed by atoms with Gasteiger partial charge in [0.05, 0.1) is 11.3 Å². The lowest BCUT2D eigenvalue weighted by Crippen LogP contribution is -2.37. The lowest BCUT2D eigenvalue weighted by atomic mass is 10.1. The third kappa shape index (κ3) is 3.89. The second-order valence-corrected chi connectivity index (χ2v) is 7.62. The van der Waals surface area contributed by atoms with E-state index in [4.69, 9.17) is 0 Å². The van der Waals surface area contributed by atoms with Crippen LogP contribution in [-0.2, 0) is 4.79 Å². The lowest BCUT2D eigenvalue weighted by Gasteiger charge is -2.26. The van der Waals surface area contributed by atoms with Gasteiger partial charge in [-0.15, -0.1) is 0 Å². The molecular formula is C23H26F2N4O. The minimum Gasteiger partial charge on any atom is -0.368 e. The van der Waals surface area contributed by atoms with Gasteiger partial charge >= 0.3 is 0 Å². The molecular weight excluding hydrogens is 386 g/mol. The summed E-state index contributed by atoms with van der Waals surface area (Å²) in [7, 11) is 0. The zero-order valence-electron chi connectivity index (χ0n) is 17.2. The highest BCUT2D eigenvalue weighted by atomic mass is 19.1. The van der Waals surface area contributed by atoms with E-state index in [0.717, 1.165) is 32.6 Å².